The second kappa shape index (κ2) is 1.91. The first-order valence-electron chi connectivity index (χ1n) is 4.76. The Balaban J connectivity index is 2.00. The zero-order chi connectivity index (χ0) is 8.34. The van der Waals surface area contributed by atoms with Crippen molar-refractivity contribution in [3.05, 3.63) is 0 Å². The molecule has 4 aliphatic rings. The third-order valence-electron chi connectivity index (χ3n) is 3.63. The van der Waals surface area contributed by atoms with E-state index >= 15 is 0 Å². The molecule has 4 saturated heterocycles. The molecule has 4 rings (SSSR count). The van der Waals surface area contributed by atoms with E-state index in [0.29, 0.717) is 17.6 Å². The lowest BCUT2D eigenvalue weighted by Crippen LogP contribution is -2.73. The first-order valence-corrected chi connectivity index (χ1v) is 4.76. The smallest absolute Gasteiger partial charge is 0.152 e. The summed E-state index contributed by atoms with van der Waals surface area (Å²) >= 11 is 0. The topological polar surface area (TPSA) is 20.3 Å². The summed E-state index contributed by atoms with van der Waals surface area (Å²) in [6.07, 6.45) is 0. The van der Waals surface area contributed by atoms with Crippen LogP contribution in [-0.2, 0) is 4.79 Å². The lowest BCUT2D eigenvalue weighted by atomic mass is 9.80. The average Bonchev–Trinajstić information content (AvgIpc) is 1.96. The van der Waals surface area contributed by atoms with Gasteiger partial charge < -0.3 is 4.48 Å². The van der Waals surface area contributed by atoms with E-state index in [2.05, 4.69) is 11.9 Å². The number of ketones is 1. The first kappa shape index (κ1) is 7.04. The molecule has 3 heteroatoms. The van der Waals surface area contributed by atoms with Crippen molar-refractivity contribution in [3.63, 3.8) is 0 Å². The van der Waals surface area contributed by atoms with E-state index in [-0.39, 0.29) is 0 Å². The zero-order valence-electron chi connectivity index (χ0n) is 7.49. The summed E-state index contributed by atoms with van der Waals surface area (Å²) in [5.41, 5.74) is 0. The van der Waals surface area contributed by atoms with Crippen LogP contribution in [0.25, 0.3) is 0 Å². The molecule has 0 spiro atoms. The van der Waals surface area contributed by atoms with Crippen LogP contribution < -0.4 is 0 Å². The lowest BCUT2D eigenvalue weighted by molar-refractivity contribution is -0.939. The molecule has 4 atom stereocenters. The number of piperidine rings is 2. The fraction of sp³-hybridized carbons (Fsp3) is 0.889. The van der Waals surface area contributed by atoms with E-state index in [1.165, 1.54) is 6.67 Å². The highest BCUT2D eigenvalue weighted by Gasteiger charge is 2.53. The predicted octanol–water partition coefficient (Wildman–Crippen LogP) is -0.465. The standard InChI is InChI=1S/C9H15N2O/c1-11-4-7-2-10(6-11)3-8(5-11)9(7)12/h7-8H,2-6H2,1H3/q+1/t7-,8+,11?. The van der Waals surface area contributed by atoms with Crippen LogP contribution in [0, 0.1) is 11.8 Å². The molecule has 4 aliphatic heterocycles. The molecule has 0 N–H and O–H groups in total. The number of hydrogen-bond acceptors (Lipinski definition) is 2. The molecule has 12 heavy (non-hydrogen) atoms. The van der Waals surface area contributed by atoms with Gasteiger partial charge in [0, 0.05) is 13.1 Å². The van der Waals surface area contributed by atoms with Gasteiger partial charge in [0.05, 0.1) is 32.0 Å². The van der Waals surface area contributed by atoms with E-state index in [4.69, 9.17) is 0 Å². The largest absolute Gasteiger partial charge is 0.312 e. The summed E-state index contributed by atoms with van der Waals surface area (Å²) in [6, 6.07) is 0. The molecule has 4 fully saturated rings. The molecule has 0 aliphatic carbocycles. The van der Waals surface area contributed by atoms with Crippen molar-refractivity contribution in [2.45, 2.75) is 0 Å². The van der Waals surface area contributed by atoms with Gasteiger partial charge in [0.2, 0.25) is 0 Å². The fourth-order valence-corrected chi connectivity index (χ4v) is 3.36. The number of rotatable bonds is 0. The minimum Gasteiger partial charge on any atom is -0.312 e. The number of quaternary nitrogens is 1. The Morgan fingerprint density at radius 1 is 1.33 bits per heavy atom. The SMILES string of the molecule is C[N+]12C[C@H]3CN(C[C@@H](C1)C3=O)C2. The molecule has 0 aromatic carbocycles. The Hall–Kier alpha value is -0.410. The van der Waals surface area contributed by atoms with Gasteiger partial charge >= 0.3 is 0 Å². The van der Waals surface area contributed by atoms with Crippen LogP contribution in [-0.4, -0.2) is 55.1 Å². The van der Waals surface area contributed by atoms with Gasteiger partial charge in [-0.05, 0) is 0 Å². The van der Waals surface area contributed by atoms with Crippen molar-refractivity contribution in [1.29, 1.82) is 0 Å². The van der Waals surface area contributed by atoms with Crippen molar-refractivity contribution in [2.24, 2.45) is 11.8 Å². The van der Waals surface area contributed by atoms with Crippen LogP contribution in [0.2, 0.25) is 0 Å². The summed E-state index contributed by atoms with van der Waals surface area (Å²) in [5, 5.41) is 0. The van der Waals surface area contributed by atoms with Crippen LogP contribution in [0.5, 0.6) is 0 Å². The van der Waals surface area contributed by atoms with Gasteiger partial charge in [0.1, 0.15) is 6.67 Å². The fourth-order valence-electron chi connectivity index (χ4n) is 3.36. The Morgan fingerprint density at radius 2 is 1.92 bits per heavy atom. The van der Waals surface area contributed by atoms with Crippen molar-refractivity contribution in [3.8, 4) is 0 Å². The molecule has 0 aromatic rings. The maximum atomic E-state index is 11.7. The number of hydrogen-bond donors (Lipinski definition) is 0. The van der Waals surface area contributed by atoms with Crippen molar-refractivity contribution in [2.75, 3.05) is 39.9 Å². The van der Waals surface area contributed by atoms with Crippen molar-refractivity contribution in [1.82, 2.24) is 4.90 Å². The summed E-state index contributed by atoms with van der Waals surface area (Å²) in [5.74, 6) is 1.30. The minimum atomic E-state index is 0.372. The Labute approximate surface area is 72.5 Å². The molecule has 66 valence electrons. The normalized spacial score (nSPS) is 56.4. The van der Waals surface area contributed by atoms with Crippen LogP contribution >= 0.6 is 0 Å². The third-order valence-corrected chi connectivity index (χ3v) is 3.63. The molecule has 4 bridgehead atoms. The monoisotopic (exact) mass is 167 g/mol. The molecule has 0 amide bonds. The van der Waals surface area contributed by atoms with Crippen LogP contribution in [0.4, 0.5) is 0 Å². The van der Waals surface area contributed by atoms with Crippen LogP contribution in [0.1, 0.15) is 0 Å². The Kier molecular flexibility index (Phi) is 1.12. The highest BCUT2D eigenvalue weighted by atomic mass is 16.1. The highest BCUT2D eigenvalue weighted by molar-refractivity contribution is 5.85. The van der Waals surface area contributed by atoms with Gasteiger partial charge in [0.25, 0.3) is 0 Å². The number of carbonyl (C=O) groups is 1. The van der Waals surface area contributed by atoms with Gasteiger partial charge in [-0.1, -0.05) is 0 Å². The van der Waals surface area contributed by atoms with Gasteiger partial charge in [-0.3, -0.25) is 9.69 Å². The van der Waals surface area contributed by atoms with E-state index < -0.39 is 0 Å². The maximum absolute atomic E-state index is 11.7. The van der Waals surface area contributed by atoms with E-state index in [1.807, 2.05) is 0 Å². The second-order valence-corrected chi connectivity index (χ2v) is 4.96. The van der Waals surface area contributed by atoms with Gasteiger partial charge in [-0.25, -0.2) is 0 Å². The van der Waals surface area contributed by atoms with Crippen molar-refractivity contribution >= 4 is 5.78 Å². The molecule has 0 saturated carbocycles. The lowest BCUT2D eigenvalue weighted by Gasteiger charge is -2.56. The summed E-state index contributed by atoms with van der Waals surface area (Å²) < 4.78 is 1.13. The number of Topliss-reactive ketones (excluding diaryl/α,β-unsaturated/α-hetero) is 1. The molecule has 0 aromatic heterocycles. The molecule has 2 unspecified atom stereocenters. The number of nitrogens with zero attached hydrogens (tertiary/aromatic N) is 2. The van der Waals surface area contributed by atoms with Gasteiger partial charge in [-0.15, -0.1) is 0 Å². The summed E-state index contributed by atoms with van der Waals surface area (Å²) in [4.78, 5) is 14.1. The first-order chi connectivity index (χ1) is 5.66. The molecule has 3 nitrogen and oxygen atoms in total. The summed E-state index contributed by atoms with van der Waals surface area (Å²) in [6.45, 7) is 5.48. The van der Waals surface area contributed by atoms with E-state index in [9.17, 15) is 4.79 Å². The molecular weight excluding hydrogens is 152 g/mol. The Bertz CT molecular complexity index is 233. The molecule has 0 radical (unpaired) electrons. The number of carbonyl (C=O) groups excluding carboxylic acids is 1. The second-order valence-electron chi connectivity index (χ2n) is 4.96. The average molecular weight is 167 g/mol. The van der Waals surface area contributed by atoms with E-state index in [0.717, 1.165) is 30.7 Å². The van der Waals surface area contributed by atoms with Gasteiger partial charge in [-0.2, -0.15) is 0 Å². The minimum absolute atomic E-state index is 0.372. The van der Waals surface area contributed by atoms with E-state index in [1.54, 1.807) is 0 Å². The highest BCUT2D eigenvalue weighted by Crippen LogP contribution is 2.34. The molecular formula is C9H15N2O+. The third kappa shape index (κ3) is 0.756. The van der Waals surface area contributed by atoms with Gasteiger partial charge in [0.15, 0.2) is 5.78 Å². The van der Waals surface area contributed by atoms with Crippen molar-refractivity contribution < 1.29 is 9.28 Å². The van der Waals surface area contributed by atoms with Crippen LogP contribution in [0.3, 0.4) is 0 Å². The summed E-state index contributed by atoms with van der Waals surface area (Å²) in [7, 11) is 2.29. The zero-order valence-corrected chi connectivity index (χ0v) is 7.49. The maximum Gasteiger partial charge on any atom is 0.152 e. The molecule has 4 heterocycles. The predicted molar refractivity (Wildman–Crippen MR) is 44.3 cm³/mol. The quantitative estimate of drug-likeness (QED) is 0.455. The van der Waals surface area contributed by atoms with Crippen LogP contribution in [0.15, 0.2) is 0 Å². The Morgan fingerprint density at radius 3 is 2.42 bits per heavy atom.